The molecule has 0 fully saturated rings. The molecule has 0 aromatic heterocycles. The first-order chi connectivity index (χ1) is 13.9. The molecule has 8 heteroatoms. The number of thiocarbonyl (C=S) groups is 1. The summed E-state index contributed by atoms with van der Waals surface area (Å²) in [6.07, 6.45) is 0. The van der Waals surface area contributed by atoms with Gasteiger partial charge in [-0.25, -0.2) is 5.21 Å². The Hall–Kier alpha value is -2.03. The minimum atomic E-state index is -0.165. The number of rotatable bonds is 7. The Labute approximate surface area is 192 Å². The summed E-state index contributed by atoms with van der Waals surface area (Å²) in [5.41, 5.74) is 2.19. The second kappa shape index (κ2) is 9.85. The van der Waals surface area contributed by atoms with Gasteiger partial charge in [0, 0.05) is 27.9 Å². The molecule has 2 aromatic rings. The summed E-state index contributed by atoms with van der Waals surface area (Å²) in [5, 5.41) is 16.1. The van der Waals surface area contributed by atoms with Crippen molar-refractivity contribution in [2.75, 3.05) is 26.0 Å². The highest BCUT2D eigenvalue weighted by Crippen LogP contribution is 2.24. The van der Waals surface area contributed by atoms with E-state index in [0.717, 1.165) is 27.7 Å². The normalized spacial score (nSPS) is 12.9. The fourth-order valence-electron chi connectivity index (χ4n) is 3.18. The fourth-order valence-corrected chi connectivity index (χ4v) is 3.70. The molecule has 0 heterocycles. The maximum absolute atomic E-state index is 10.9. The molecule has 0 amide bonds. The van der Waals surface area contributed by atoms with Crippen LogP contribution in [-0.4, -0.2) is 46.4 Å². The van der Waals surface area contributed by atoms with Gasteiger partial charge in [0.05, 0.1) is 31.6 Å². The van der Waals surface area contributed by atoms with Crippen LogP contribution in [0.25, 0.3) is 0 Å². The van der Waals surface area contributed by atoms with Gasteiger partial charge in [-0.15, -0.1) is 0 Å². The average Bonchev–Trinajstić information content (AvgIpc) is 2.62. The van der Waals surface area contributed by atoms with Crippen molar-refractivity contribution in [3.05, 3.63) is 63.5 Å². The largest absolute Gasteiger partial charge is 0.354 e. The molecule has 3 N–H and O–H groups in total. The zero-order valence-corrected chi connectivity index (χ0v) is 20.5. The minimum Gasteiger partial charge on any atom is -0.354 e. The second-order valence-electron chi connectivity index (χ2n) is 9.24. The van der Waals surface area contributed by atoms with Gasteiger partial charge >= 0.3 is 5.69 Å². The number of hydrogen-bond donors (Lipinski definition) is 3. The number of benzene rings is 2. The maximum Gasteiger partial charge on any atom is 0.316 e. The van der Waals surface area contributed by atoms with Gasteiger partial charge in [0.1, 0.15) is 6.54 Å². The number of quaternary nitrogens is 1. The summed E-state index contributed by atoms with van der Waals surface area (Å²) in [7, 11) is 4.45. The van der Waals surface area contributed by atoms with Gasteiger partial charge < -0.3 is 15.1 Å². The number of hydrogen-bond acceptors (Lipinski definition) is 2. The standard InChI is InChI=1S/C22H30BrN4O2S/c1-22(2,3)20(15-27(4,5)14-16-6-8-17(23)9-7-16)25-21(30)24-18-10-12-19(13-11-18)26(28)29/h6-13,20H,14-15H2,1-5H3,(H2-,24,25,28,29,30)/q+1/p+1/t20-/m1/s1. The van der Waals surface area contributed by atoms with Gasteiger partial charge in [-0.3, -0.25) is 0 Å². The van der Waals surface area contributed by atoms with E-state index in [0.29, 0.717) is 5.11 Å². The van der Waals surface area contributed by atoms with Crippen LogP contribution in [0.2, 0.25) is 0 Å². The van der Waals surface area contributed by atoms with Crippen molar-refractivity contribution < 1.29 is 14.6 Å². The third-order valence-electron chi connectivity index (χ3n) is 4.90. The van der Waals surface area contributed by atoms with E-state index in [1.165, 1.54) is 17.7 Å². The number of nitrogens with one attached hydrogen (secondary N) is 2. The van der Waals surface area contributed by atoms with E-state index in [2.05, 4.69) is 85.7 Å². The third-order valence-corrected chi connectivity index (χ3v) is 5.65. The van der Waals surface area contributed by atoms with Crippen molar-refractivity contribution >= 4 is 44.6 Å². The van der Waals surface area contributed by atoms with Crippen molar-refractivity contribution in [1.82, 2.24) is 5.32 Å². The van der Waals surface area contributed by atoms with Gasteiger partial charge in [0.25, 0.3) is 4.92 Å². The van der Waals surface area contributed by atoms with Crippen molar-refractivity contribution in [2.24, 2.45) is 5.41 Å². The van der Waals surface area contributed by atoms with E-state index < -0.39 is 0 Å². The lowest BCUT2D eigenvalue weighted by atomic mass is 9.86. The summed E-state index contributed by atoms with van der Waals surface area (Å²) < 4.78 is 1.89. The molecule has 0 saturated heterocycles. The lowest BCUT2D eigenvalue weighted by Gasteiger charge is -2.39. The van der Waals surface area contributed by atoms with E-state index in [1.54, 1.807) is 12.1 Å². The molecule has 0 aliphatic heterocycles. The monoisotopic (exact) mass is 494 g/mol. The summed E-state index contributed by atoms with van der Waals surface area (Å²) >= 11 is 9.03. The summed E-state index contributed by atoms with van der Waals surface area (Å²) in [4.78, 5) is 10.8. The summed E-state index contributed by atoms with van der Waals surface area (Å²) in [6, 6.07) is 15.0. The molecule has 6 nitrogen and oxygen atoms in total. The maximum atomic E-state index is 10.9. The highest BCUT2D eigenvalue weighted by molar-refractivity contribution is 9.10. The van der Waals surface area contributed by atoms with Crippen LogP contribution in [0.5, 0.6) is 0 Å². The van der Waals surface area contributed by atoms with Crippen LogP contribution < -0.4 is 10.6 Å². The van der Waals surface area contributed by atoms with Crippen molar-refractivity contribution in [2.45, 2.75) is 33.4 Å². The van der Waals surface area contributed by atoms with E-state index in [4.69, 9.17) is 17.4 Å². The van der Waals surface area contributed by atoms with Crippen LogP contribution in [-0.2, 0) is 6.54 Å². The van der Waals surface area contributed by atoms with Crippen LogP contribution in [0.4, 0.5) is 11.4 Å². The van der Waals surface area contributed by atoms with Crippen molar-refractivity contribution in [3.63, 3.8) is 0 Å². The van der Waals surface area contributed by atoms with Gasteiger partial charge in [-0.1, -0.05) is 48.8 Å². The second-order valence-corrected chi connectivity index (χ2v) is 10.6. The van der Waals surface area contributed by atoms with Crippen LogP contribution in [0, 0.1) is 10.3 Å². The number of nitrogens with zero attached hydrogens (tertiary/aromatic N) is 2. The molecule has 0 radical (unpaired) electrons. The van der Waals surface area contributed by atoms with Crippen molar-refractivity contribution in [3.8, 4) is 0 Å². The fraction of sp³-hybridized carbons (Fsp3) is 0.409. The van der Waals surface area contributed by atoms with E-state index >= 15 is 0 Å². The van der Waals surface area contributed by atoms with Gasteiger partial charge in [-0.2, -0.15) is 0 Å². The van der Waals surface area contributed by atoms with Gasteiger partial charge in [-0.05, 0) is 41.9 Å². The molecule has 0 saturated carbocycles. The highest BCUT2D eigenvalue weighted by Gasteiger charge is 2.32. The Bertz CT molecular complexity index is 878. The Balaban J connectivity index is 2.04. The minimum absolute atomic E-state index is 0.00915. The Morgan fingerprint density at radius 2 is 1.70 bits per heavy atom. The molecule has 2 rings (SSSR count). The van der Waals surface area contributed by atoms with Gasteiger partial charge in [0.15, 0.2) is 5.11 Å². The molecule has 0 aliphatic rings. The Kier molecular flexibility index (Phi) is 7.96. The van der Waals surface area contributed by atoms with E-state index in [9.17, 15) is 4.91 Å². The van der Waals surface area contributed by atoms with Crippen LogP contribution in [0.15, 0.2) is 53.0 Å². The topological polar surface area (TPSA) is 64.4 Å². The molecule has 30 heavy (non-hydrogen) atoms. The zero-order chi connectivity index (χ0) is 22.5. The quantitative estimate of drug-likeness (QED) is 0.279. The van der Waals surface area contributed by atoms with Crippen LogP contribution in [0.1, 0.15) is 26.3 Å². The number of anilines is 1. The molecule has 162 valence electrons. The molecule has 0 aliphatic carbocycles. The summed E-state index contributed by atoms with van der Waals surface area (Å²) in [5.74, 6) is 0. The van der Waals surface area contributed by atoms with Crippen LogP contribution in [0.3, 0.4) is 0 Å². The molecular weight excluding hydrogens is 464 g/mol. The first kappa shape index (κ1) is 24.2. The van der Waals surface area contributed by atoms with Gasteiger partial charge in [0.2, 0.25) is 0 Å². The van der Waals surface area contributed by atoms with Crippen molar-refractivity contribution in [1.29, 1.82) is 0 Å². The first-order valence-electron chi connectivity index (χ1n) is 9.76. The molecule has 0 bridgehead atoms. The molecule has 1 atom stereocenters. The lowest BCUT2D eigenvalue weighted by Crippen LogP contribution is -2.56. The number of likely N-dealkylation sites (N-methyl/N-ethyl adjacent to an activating group) is 1. The molecule has 2 aromatic carbocycles. The lowest BCUT2D eigenvalue weighted by molar-refractivity contribution is -0.905. The summed E-state index contributed by atoms with van der Waals surface area (Å²) in [6.45, 7) is 8.40. The average molecular weight is 495 g/mol. The predicted octanol–water partition coefficient (Wildman–Crippen LogP) is 5.23. The molecular formula is C22H31BrN4O2S+2. The zero-order valence-electron chi connectivity index (χ0n) is 18.1. The number of halogens is 1. The van der Waals surface area contributed by atoms with E-state index in [-0.39, 0.29) is 22.1 Å². The third kappa shape index (κ3) is 7.66. The molecule has 0 unspecified atom stereocenters. The van der Waals surface area contributed by atoms with E-state index in [1.807, 2.05) is 0 Å². The smallest absolute Gasteiger partial charge is 0.316 e. The first-order valence-corrected chi connectivity index (χ1v) is 11.0. The van der Waals surface area contributed by atoms with Crippen LogP contribution >= 0.6 is 28.1 Å². The Morgan fingerprint density at radius 3 is 2.20 bits per heavy atom. The SMILES string of the molecule is CC(C)(C)[C@@H](C[N+](C)(C)Cc1ccc(Br)cc1)NC(=S)Nc1ccc([N+](=O)O)cc1. The molecule has 0 spiro atoms. The highest BCUT2D eigenvalue weighted by atomic mass is 79.9. The Morgan fingerprint density at radius 1 is 1.13 bits per heavy atom. The predicted molar refractivity (Wildman–Crippen MR) is 129 cm³/mol.